The highest BCUT2D eigenvalue weighted by Gasteiger charge is 2.38. The average molecular weight is 901 g/mol. The second-order valence-electron chi connectivity index (χ2n) is 14.8. The normalized spacial score (nSPS) is 14.9. The van der Waals surface area contributed by atoms with Gasteiger partial charge in [-0.3, -0.25) is 19.2 Å². The molecule has 8 atom stereocenters. The van der Waals surface area contributed by atoms with Gasteiger partial charge in [-0.25, -0.2) is 0 Å². The van der Waals surface area contributed by atoms with E-state index >= 15 is 0 Å². The number of hydrogen-bond acceptors (Lipinski definition) is 10. The quantitative estimate of drug-likeness (QED) is 0.0649. The van der Waals surface area contributed by atoms with Crippen LogP contribution in [-0.4, -0.2) is 95.4 Å². The van der Waals surface area contributed by atoms with Crippen molar-refractivity contribution in [3.05, 3.63) is 71.8 Å². The zero-order chi connectivity index (χ0) is 40.2. The van der Waals surface area contributed by atoms with Crippen molar-refractivity contribution in [2.75, 3.05) is 13.1 Å². The Morgan fingerprint density at radius 2 is 0.828 bits per heavy atom. The van der Waals surface area contributed by atoms with Crippen molar-refractivity contribution in [3.63, 3.8) is 0 Å². The number of nitrogens with two attached hydrogens (primary N) is 4. The molecule has 0 aliphatic carbocycles. The number of halogens is 4. The van der Waals surface area contributed by atoms with Gasteiger partial charge < -0.3 is 54.4 Å². The molecule has 0 aromatic heterocycles. The Morgan fingerprint density at radius 3 is 1.10 bits per heavy atom. The van der Waals surface area contributed by atoms with Crippen molar-refractivity contribution in [2.24, 2.45) is 34.8 Å². The van der Waals surface area contributed by atoms with Crippen molar-refractivity contribution in [1.82, 2.24) is 21.3 Å². The number of benzene rings is 2. The molecule has 58 heavy (non-hydrogen) atoms. The molecule has 2 rings (SSSR count). The number of aliphatic hydroxyl groups excluding tert-OH is 2. The predicted octanol–water partition coefficient (Wildman–Crippen LogP) is 2.04. The number of carbonyl (C=O) groups excluding carboxylic acids is 4. The monoisotopic (exact) mass is 898 g/mol. The van der Waals surface area contributed by atoms with Crippen LogP contribution >= 0.6 is 49.6 Å². The minimum Gasteiger partial charge on any atom is -0.388 e. The molecule has 0 saturated carbocycles. The van der Waals surface area contributed by atoms with Crippen molar-refractivity contribution in [1.29, 1.82) is 0 Å². The van der Waals surface area contributed by atoms with E-state index in [9.17, 15) is 29.4 Å². The van der Waals surface area contributed by atoms with Gasteiger partial charge >= 0.3 is 0 Å². The zero-order valence-corrected chi connectivity index (χ0v) is 37.4. The van der Waals surface area contributed by atoms with Gasteiger partial charge in [-0.15, -0.1) is 49.6 Å². The van der Waals surface area contributed by atoms with Crippen molar-refractivity contribution < 1.29 is 29.4 Å². The maximum Gasteiger partial charge on any atom is 0.243 e. The number of hydrogen-bond donors (Lipinski definition) is 10. The van der Waals surface area contributed by atoms with Crippen molar-refractivity contribution >= 4 is 73.3 Å². The molecule has 14 N–H and O–H groups in total. The van der Waals surface area contributed by atoms with Gasteiger partial charge in [0.25, 0.3) is 0 Å². The molecule has 0 radical (unpaired) electrons. The van der Waals surface area contributed by atoms with Crippen LogP contribution < -0.4 is 44.2 Å². The fraction of sp³-hybridized carbons (Fsp3) is 0.600. The Bertz CT molecular complexity index is 1310. The average Bonchev–Trinajstić information content (AvgIpc) is 3.15. The summed E-state index contributed by atoms with van der Waals surface area (Å²) in [5.74, 6) is -2.76. The third-order valence-corrected chi connectivity index (χ3v) is 9.53. The second-order valence-corrected chi connectivity index (χ2v) is 14.8. The molecule has 18 heteroatoms. The van der Waals surface area contributed by atoms with Gasteiger partial charge in [0.2, 0.25) is 23.6 Å². The van der Waals surface area contributed by atoms with E-state index in [-0.39, 0.29) is 74.3 Å². The summed E-state index contributed by atoms with van der Waals surface area (Å²) in [6.45, 7) is 8.10. The summed E-state index contributed by atoms with van der Waals surface area (Å²) < 4.78 is 0. The molecule has 14 nitrogen and oxygen atoms in total. The van der Waals surface area contributed by atoms with Crippen LogP contribution in [0.15, 0.2) is 60.7 Å². The third kappa shape index (κ3) is 21.0. The van der Waals surface area contributed by atoms with Gasteiger partial charge in [-0.1, -0.05) is 101 Å². The van der Waals surface area contributed by atoms with Gasteiger partial charge in [0.1, 0.15) is 24.3 Å². The number of amides is 4. The lowest BCUT2D eigenvalue weighted by molar-refractivity contribution is -0.133. The first-order valence-corrected chi connectivity index (χ1v) is 19.3. The van der Waals surface area contributed by atoms with Crippen LogP contribution in [0.2, 0.25) is 0 Å². The van der Waals surface area contributed by atoms with E-state index in [4.69, 9.17) is 22.9 Å². The fourth-order valence-electron chi connectivity index (χ4n) is 6.14. The summed E-state index contributed by atoms with van der Waals surface area (Å²) in [5.41, 5.74) is 24.9. The van der Waals surface area contributed by atoms with Crippen LogP contribution in [0.1, 0.15) is 77.3 Å². The molecule has 4 amide bonds. The van der Waals surface area contributed by atoms with Crippen LogP contribution in [0.3, 0.4) is 0 Å². The SMILES string of the molecule is CC(C)[C@H](NC(=O)[C@@H](N)CCCCN)C(=O)N[C@@H](Cc1ccccc1)[C@@H](O)[C@H](O)[C@H](Cc1ccccc1)NC(=O)[C@@H](NC(=O)[C@@H](N)CCCCN)C(C)C.Cl.Cl.Cl.Cl. The molecule has 0 bridgehead atoms. The Balaban J connectivity index is -0.00000756. The highest BCUT2D eigenvalue weighted by Crippen LogP contribution is 2.17. The molecule has 0 unspecified atom stereocenters. The van der Waals surface area contributed by atoms with E-state index in [2.05, 4.69) is 21.3 Å². The Morgan fingerprint density at radius 1 is 0.517 bits per heavy atom. The van der Waals surface area contributed by atoms with E-state index in [1.165, 1.54) is 0 Å². The standard InChI is InChI=1S/C40H66N8O6.4ClH/c1-25(2)33(47-37(51)29(43)19-11-13-21-41)39(53)45-31(23-27-15-7-5-8-16-27)35(49)36(50)32(24-28-17-9-6-10-18-28)46-40(54)34(26(3)4)48-38(52)30(44)20-12-14-22-42;;;;/h5-10,15-18,25-26,29-36,49-50H,11-14,19-24,41-44H2,1-4H3,(H,45,53)(H,46,54)(H,47,51)(H,48,52);4*1H/t29-,30-,31-,32-,33-,34-,35+,36+;;;;/m0..../s1. The molecule has 0 saturated heterocycles. The summed E-state index contributed by atoms with van der Waals surface area (Å²) in [7, 11) is 0. The first-order valence-electron chi connectivity index (χ1n) is 19.3. The fourth-order valence-corrected chi connectivity index (χ4v) is 6.14. The molecule has 2 aromatic rings. The number of aliphatic hydroxyl groups is 2. The summed E-state index contributed by atoms with van der Waals surface area (Å²) in [4.78, 5) is 53.7. The molecule has 0 aliphatic heterocycles. The van der Waals surface area contributed by atoms with Gasteiger partial charge in [0.15, 0.2) is 0 Å². The number of rotatable bonds is 25. The molecule has 0 aliphatic rings. The summed E-state index contributed by atoms with van der Waals surface area (Å²) in [6.07, 6.45) is 0.671. The predicted molar refractivity (Wildman–Crippen MR) is 240 cm³/mol. The highest BCUT2D eigenvalue weighted by molar-refractivity contribution is 5.91. The number of carbonyl (C=O) groups is 4. The third-order valence-electron chi connectivity index (χ3n) is 9.53. The van der Waals surface area contributed by atoms with E-state index < -0.39 is 72.1 Å². The van der Waals surface area contributed by atoms with Gasteiger partial charge in [0.05, 0.1) is 24.2 Å². The maximum atomic E-state index is 13.9. The molecular formula is C40H70Cl4N8O6. The Kier molecular flexibility index (Phi) is 32.9. The van der Waals surface area contributed by atoms with Crippen molar-refractivity contribution in [3.8, 4) is 0 Å². The topological polar surface area (TPSA) is 261 Å². The summed E-state index contributed by atoms with van der Waals surface area (Å²) in [6, 6.07) is 12.6. The van der Waals surface area contributed by atoms with Crippen LogP contribution in [0.25, 0.3) is 0 Å². The highest BCUT2D eigenvalue weighted by atomic mass is 35.5. The largest absolute Gasteiger partial charge is 0.388 e. The first-order chi connectivity index (χ1) is 25.7. The second kappa shape index (κ2) is 32.1. The van der Waals surface area contributed by atoms with Crippen LogP contribution in [0.4, 0.5) is 0 Å². The van der Waals surface area contributed by atoms with Gasteiger partial charge in [-0.2, -0.15) is 0 Å². The van der Waals surface area contributed by atoms with E-state index in [0.717, 1.165) is 24.0 Å². The molecule has 0 heterocycles. The van der Waals surface area contributed by atoms with Crippen LogP contribution in [-0.2, 0) is 32.0 Å². The minimum absolute atomic E-state index is 0. The first kappa shape index (κ1) is 59.6. The summed E-state index contributed by atoms with van der Waals surface area (Å²) in [5, 5.41) is 35.1. The molecular weight excluding hydrogens is 830 g/mol. The number of unbranched alkanes of at least 4 members (excludes halogenated alkanes) is 2. The molecule has 0 spiro atoms. The lowest BCUT2D eigenvalue weighted by Gasteiger charge is -2.35. The van der Waals surface area contributed by atoms with E-state index in [1.54, 1.807) is 27.7 Å². The van der Waals surface area contributed by atoms with Crippen molar-refractivity contribution in [2.45, 2.75) is 128 Å². The lowest BCUT2D eigenvalue weighted by Crippen LogP contribution is -2.62. The Hall–Kier alpha value is -2.76. The maximum absolute atomic E-state index is 13.9. The minimum atomic E-state index is -1.59. The summed E-state index contributed by atoms with van der Waals surface area (Å²) >= 11 is 0. The Labute approximate surface area is 369 Å². The van der Waals surface area contributed by atoms with Crippen LogP contribution in [0.5, 0.6) is 0 Å². The number of nitrogens with one attached hydrogen (secondary N) is 4. The van der Waals surface area contributed by atoms with Gasteiger partial charge in [0, 0.05) is 0 Å². The van der Waals surface area contributed by atoms with Gasteiger partial charge in [-0.05, 0) is 74.6 Å². The smallest absolute Gasteiger partial charge is 0.243 e. The lowest BCUT2D eigenvalue weighted by atomic mass is 9.90. The molecule has 0 fully saturated rings. The molecule has 334 valence electrons. The van der Waals surface area contributed by atoms with Crippen LogP contribution in [0, 0.1) is 11.8 Å². The zero-order valence-electron chi connectivity index (χ0n) is 34.1. The van der Waals surface area contributed by atoms with E-state index in [1.807, 2.05) is 60.7 Å². The molecule has 2 aromatic carbocycles. The van der Waals surface area contributed by atoms with E-state index in [0.29, 0.717) is 38.8 Å².